The van der Waals surface area contributed by atoms with E-state index in [1.165, 1.54) is 24.1 Å². The van der Waals surface area contributed by atoms with Crippen molar-refractivity contribution in [3.63, 3.8) is 0 Å². The fourth-order valence-corrected chi connectivity index (χ4v) is 4.86. The molecule has 182 valence electrons. The average Bonchev–Trinajstić information content (AvgIpc) is 3.32. The van der Waals surface area contributed by atoms with E-state index in [0.717, 1.165) is 48.8 Å². The summed E-state index contributed by atoms with van der Waals surface area (Å²) in [6, 6.07) is 11.1. The van der Waals surface area contributed by atoms with Crippen molar-refractivity contribution in [3.8, 4) is 0 Å². The smallest absolute Gasteiger partial charge is 0.326 e. The summed E-state index contributed by atoms with van der Waals surface area (Å²) in [5, 5.41) is 2.52. The highest BCUT2D eigenvalue weighted by atomic mass is 19.4. The zero-order chi connectivity index (χ0) is 24.6. The molecule has 2 aromatic carbocycles. The minimum Gasteiger partial charge on any atom is -0.326 e. The number of rotatable bonds is 6. The molecule has 1 aliphatic heterocycles. The Morgan fingerprint density at radius 3 is 2.71 bits per heavy atom. The largest absolute Gasteiger partial charge is 0.416 e. The van der Waals surface area contributed by atoms with Gasteiger partial charge in [-0.2, -0.15) is 13.2 Å². The van der Waals surface area contributed by atoms with Crippen LogP contribution >= 0.6 is 0 Å². The summed E-state index contributed by atoms with van der Waals surface area (Å²) in [6.45, 7) is 0.472. The average molecular weight is 483 g/mol. The monoisotopic (exact) mass is 482 g/mol. The zero-order valence-electron chi connectivity index (χ0n) is 19.0. The minimum absolute atomic E-state index is 0.0343. The number of alkyl halides is 3. The van der Waals surface area contributed by atoms with Crippen molar-refractivity contribution < 1.29 is 22.8 Å². The molecular weight excluding hydrogens is 457 g/mol. The van der Waals surface area contributed by atoms with E-state index in [1.54, 1.807) is 9.47 Å². The predicted octanol–water partition coefficient (Wildman–Crippen LogP) is 5.86. The topological polar surface area (TPSA) is 67.2 Å². The summed E-state index contributed by atoms with van der Waals surface area (Å²) < 4.78 is 40.9. The zero-order valence-corrected chi connectivity index (χ0v) is 19.0. The number of hydrogen-bond acceptors (Lipinski definition) is 3. The molecule has 0 bridgehead atoms. The molecule has 1 aliphatic carbocycles. The van der Waals surface area contributed by atoms with Crippen molar-refractivity contribution >= 4 is 34.5 Å². The Hall–Kier alpha value is -3.62. The minimum atomic E-state index is -4.51. The Balaban J connectivity index is 1.38. The van der Waals surface area contributed by atoms with Crippen LogP contribution in [-0.4, -0.2) is 27.9 Å². The molecule has 3 aromatic rings. The number of nitrogens with one attached hydrogen (secondary N) is 1. The van der Waals surface area contributed by atoms with Gasteiger partial charge in [-0.1, -0.05) is 29.8 Å². The lowest BCUT2D eigenvalue weighted by Crippen LogP contribution is -2.32. The molecule has 2 heterocycles. The van der Waals surface area contributed by atoms with Gasteiger partial charge in [-0.25, -0.2) is 4.98 Å². The number of nitrogens with zero attached hydrogens (tertiary/aromatic N) is 3. The van der Waals surface area contributed by atoms with Gasteiger partial charge in [0, 0.05) is 12.2 Å². The highest BCUT2D eigenvalue weighted by Gasteiger charge is 2.40. The van der Waals surface area contributed by atoms with Crippen LogP contribution < -0.4 is 10.2 Å². The van der Waals surface area contributed by atoms with Crippen molar-refractivity contribution in [2.75, 3.05) is 16.8 Å². The number of hydrogen-bond donors (Lipinski definition) is 1. The van der Waals surface area contributed by atoms with Gasteiger partial charge in [0.2, 0.25) is 11.9 Å². The van der Waals surface area contributed by atoms with Gasteiger partial charge in [-0.3, -0.25) is 19.1 Å². The van der Waals surface area contributed by atoms with E-state index in [1.807, 2.05) is 24.3 Å². The maximum atomic E-state index is 13.4. The van der Waals surface area contributed by atoms with Crippen molar-refractivity contribution in [1.82, 2.24) is 9.55 Å². The number of carbonyl (C=O) groups excluding carboxylic acids is 2. The fourth-order valence-electron chi connectivity index (χ4n) is 4.86. The summed E-state index contributed by atoms with van der Waals surface area (Å²) in [7, 11) is 0. The summed E-state index contributed by atoms with van der Waals surface area (Å²) >= 11 is 0. The number of carbonyl (C=O) groups is 2. The number of allylic oxidation sites excluding steroid dienone is 1. The Labute approximate surface area is 200 Å². The van der Waals surface area contributed by atoms with Crippen LogP contribution in [0.15, 0.2) is 60.2 Å². The Morgan fingerprint density at radius 2 is 1.94 bits per heavy atom. The van der Waals surface area contributed by atoms with Crippen LogP contribution in [0.4, 0.5) is 24.8 Å². The number of halogens is 3. The van der Waals surface area contributed by atoms with Crippen LogP contribution in [0.25, 0.3) is 11.0 Å². The van der Waals surface area contributed by atoms with Gasteiger partial charge >= 0.3 is 6.18 Å². The van der Waals surface area contributed by atoms with Crippen molar-refractivity contribution in [2.45, 2.75) is 50.7 Å². The van der Waals surface area contributed by atoms with Gasteiger partial charge in [-0.15, -0.1) is 0 Å². The van der Waals surface area contributed by atoms with Crippen LogP contribution in [-0.2, 0) is 15.8 Å². The molecule has 2 amide bonds. The molecule has 5 rings (SSSR count). The number of imidazole rings is 1. The molecule has 1 N–H and O–H groups in total. The van der Waals surface area contributed by atoms with Crippen LogP contribution in [0, 0.1) is 0 Å². The van der Waals surface area contributed by atoms with Gasteiger partial charge < -0.3 is 5.32 Å². The second kappa shape index (κ2) is 9.20. The fraction of sp³-hybridized carbons (Fsp3) is 0.346. The van der Waals surface area contributed by atoms with Crippen molar-refractivity contribution in [2.24, 2.45) is 0 Å². The molecule has 35 heavy (non-hydrogen) atoms. The first kappa shape index (κ1) is 23.1. The van der Waals surface area contributed by atoms with E-state index in [2.05, 4.69) is 16.4 Å². The first-order valence-corrected chi connectivity index (χ1v) is 11.7. The molecule has 0 saturated heterocycles. The third-order valence-electron chi connectivity index (χ3n) is 6.58. The molecular formula is C26H25F3N4O2. The molecule has 1 atom stereocenters. The van der Waals surface area contributed by atoms with E-state index < -0.39 is 23.7 Å². The maximum absolute atomic E-state index is 13.4. The lowest BCUT2D eigenvalue weighted by atomic mass is 9.97. The van der Waals surface area contributed by atoms with Crippen molar-refractivity contribution in [1.29, 1.82) is 0 Å². The van der Waals surface area contributed by atoms with E-state index >= 15 is 0 Å². The number of aromatic nitrogens is 2. The SMILES string of the molecule is O=C(C[C@H]1C(=O)N(CCC2=CCCCC2)c2nc3ccccc3n21)Nc1cccc(C(F)(F)F)c1. The van der Waals surface area contributed by atoms with Gasteiger partial charge in [0.05, 0.1) is 23.0 Å². The van der Waals surface area contributed by atoms with Gasteiger partial charge in [0.15, 0.2) is 0 Å². The molecule has 9 heteroatoms. The van der Waals surface area contributed by atoms with Gasteiger partial charge in [-0.05, 0) is 62.4 Å². The van der Waals surface area contributed by atoms with E-state index in [-0.39, 0.29) is 18.0 Å². The van der Waals surface area contributed by atoms with E-state index in [4.69, 9.17) is 0 Å². The van der Waals surface area contributed by atoms with Gasteiger partial charge in [0.25, 0.3) is 5.91 Å². The molecule has 0 spiro atoms. The Kier molecular flexibility index (Phi) is 6.08. The molecule has 0 radical (unpaired) electrons. The third kappa shape index (κ3) is 4.67. The second-order valence-electron chi connectivity index (χ2n) is 8.97. The number of benzene rings is 2. The van der Waals surface area contributed by atoms with Crippen LogP contribution in [0.1, 0.15) is 50.1 Å². The standard InChI is InChI=1S/C26H25F3N4O2/c27-26(28,29)18-9-6-10-19(15-18)30-23(34)16-22-24(35)32(14-13-17-7-2-1-3-8-17)25-31-20-11-4-5-12-21(20)33(22)25/h4-7,9-12,15,22H,1-3,8,13-14,16H2,(H,30,34)/t22-/m0/s1. The third-order valence-corrected chi connectivity index (χ3v) is 6.58. The first-order chi connectivity index (χ1) is 16.8. The number of fused-ring (bicyclic) bond motifs is 3. The maximum Gasteiger partial charge on any atom is 0.416 e. The quantitative estimate of drug-likeness (QED) is 0.448. The highest BCUT2D eigenvalue weighted by Crippen LogP contribution is 2.37. The second-order valence-corrected chi connectivity index (χ2v) is 8.97. The van der Waals surface area contributed by atoms with Crippen molar-refractivity contribution in [3.05, 3.63) is 65.7 Å². The summed E-state index contributed by atoms with van der Waals surface area (Å²) in [5.74, 6) is -0.262. The normalized spacial score (nSPS) is 18.0. The summed E-state index contributed by atoms with van der Waals surface area (Å²) in [4.78, 5) is 32.6. The Bertz CT molecular complexity index is 1310. The van der Waals surface area contributed by atoms with Crippen LogP contribution in [0.5, 0.6) is 0 Å². The molecule has 6 nitrogen and oxygen atoms in total. The molecule has 0 fully saturated rings. The highest BCUT2D eigenvalue weighted by molar-refractivity contribution is 6.05. The number of anilines is 2. The van der Waals surface area contributed by atoms with Gasteiger partial charge in [0.1, 0.15) is 6.04 Å². The summed E-state index contributed by atoms with van der Waals surface area (Å²) in [6.07, 6.45) is 2.69. The molecule has 2 aliphatic rings. The first-order valence-electron chi connectivity index (χ1n) is 11.7. The van der Waals surface area contributed by atoms with E-state index in [9.17, 15) is 22.8 Å². The number of para-hydroxylation sites is 2. The predicted molar refractivity (Wildman–Crippen MR) is 127 cm³/mol. The van der Waals surface area contributed by atoms with E-state index in [0.29, 0.717) is 12.5 Å². The lowest BCUT2D eigenvalue weighted by Gasteiger charge is -2.18. The van der Waals surface area contributed by atoms with Crippen LogP contribution in [0.2, 0.25) is 0 Å². The Morgan fingerprint density at radius 1 is 1.11 bits per heavy atom. The molecule has 0 unspecified atom stereocenters. The molecule has 1 aromatic heterocycles. The number of amides is 2. The molecule has 0 saturated carbocycles. The summed E-state index contributed by atoms with van der Waals surface area (Å²) in [5.41, 5.74) is 1.98. The lowest BCUT2D eigenvalue weighted by molar-refractivity contribution is -0.137. The van der Waals surface area contributed by atoms with Crippen LogP contribution in [0.3, 0.4) is 0 Å².